The van der Waals surface area contributed by atoms with E-state index in [0.717, 1.165) is 12.8 Å². The number of ether oxygens (including phenoxy) is 1. The van der Waals surface area contributed by atoms with Crippen molar-refractivity contribution in [3.8, 4) is 0 Å². The molecule has 0 aliphatic heterocycles. The second-order valence-electron chi connectivity index (χ2n) is 3.47. The minimum atomic E-state index is -0.992. The third-order valence-electron chi connectivity index (χ3n) is 2.19. The Morgan fingerprint density at radius 1 is 1.46 bits per heavy atom. The maximum atomic E-state index is 10.7. The number of carboxylic acid groups (broad SMARTS) is 1. The van der Waals surface area contributed by atoms with Crippen molar-refractivity contribution in [2.75, 3.05) is 20.3 Å². The largest absolute Gasteiger partial charge is 0.481 e. The van der Waals surface area contributed by atoms with Crippen molar-refractivity contribution < 1.29 is 19.7 Å². The van der Waals surface area contributed by atoms with Crippen LogP contribution >= 0.6 is 0 Å². The molecule has 0 saturated heterocycles. The average molecular weight is 190 g/mol. The van der Waals surface area contributed by atoms with Gasteiger partial charge in [-0.2, -0.15) is 0 Å². The van der Waals surface area contributed by atoms with Gasteiger partial charge in [0.25, 0.3) is 0 Å². The summed E-state index contributed by atoms with van der Waals surface area (Å²) in [6.45, 7) is 1.89. The van der Waals surface area contributed by atoms with Crippen molar-refractivity contribution in [3.63, 3.8) is 0 Å². The maximum Gasteiger partial charge on any atom is 0.311 e. The van der Waals surface area contributed by atoms with E-state index in [2.05, 4.69) is 0 Å². The molecule has 0 radical (unpaired) electrons. The molecule has 4 heteroatoms. The van der Waals surface area contributed by atoms with E-state index in [0.29, 0.717) is 13.0 Å². The van der Waals surface area contributed by atoms with E-state index in [1.807, 2.05) is 0 Å². The monoisotopic (exact) mass is 190 g/mol. The highest BCUT2D eigenvalue weighted by Gasteiger charge is 2.31. The topological polar surface area (TPSA) is 66.8 Å². The molecule has 0 rings (SSSR count). The molecule has 13 heavy (non-hydrogen) atoms. The van der Waals surface area contributed by atoms with Crippen LogP contribution in [0, 0.1) is 5.41 Å². The number of carboxylic acids is 1. The van der Waals surface area contributed by atoms with E-state index < -0.39 is 11.4 Å². The Kier molecular flexibility index (Phi) is 5.66. The van der Waals surface area contributed by atoms with E-state index in [1.54, 1.807) is 14.0 Å². The van der Waals surface area contributed by atoms with Gasteiger partial charge in [-0.3, -0.25) is 4.79 Å². The molecule has 0 spiro atoms. The number of unbranched alkanes of at least 4 members (excludes halogenated alkanes) is 1. The van der Waals surface area contributed by atoms with Crippen molar-refractivity contribution in [3.05, 3.63) is 0 Å². The third kappa shape index (κ3) is 4.24. The fraction of sp³-hybridized carbons (Fsp3) is 0.889. The molecule has 1 unspecified atom stereocenters. The summed E-state index contributed by atoms with van der Waals surface area (Å²) in [5, 5.41) is 17.7. The number of rotatable bonds is 7. The standard InChI is InChI=1S/C9H18O4/c1-9(7-10,8(11)12)5-3-4-6-13-2/h10H,3-7H2,1-2H3,(H,11,12). The summed E-state index contributed by atoms with van der Waals surface area (Å²) in [5.41, 5.74) is -0.992. The van der Waals surface area contributed by atoms with Gasteiger partial charge in [-0.1, -0.05) is 0 Å². The van der Waals surface area contributed by atoms with Crippen molar-refractivity contribution in [2.24, 2.45) is 5.41 Å². The van der Waals surface area contributed by atoms with Crippen LogP contribution < -0.4 is 0 Å². The van der Waals surface area contributed by atoms with E-state index in [4.69, 9.17) is 14.9 Å². The van der Waals surface area contributed by atoms with Gasteiger partial charge in [0.2, 0.25) is 0 Å². The summed E-state index contributed by atoms with van der Waals surface area (Å²) in [6, 6.07) is 0. The highest BCUT2D eigenvalue weighted by molar-refractivity contribution is 5.74. The van der Waals surface area contributed by atoms with Gasteiger partial charge < -0.3 is 14.9 Å². The van der Waals surface area contributed by atoms with Crippen LogP contribution in [0.2, 0.25) is 0 Å². The van der Waals surface area contributed by atoms with Crippen molar-refractivity contribution in [1.29, 1.82) is 0 Å². The molecule has 0 saturated carbocycles. The van der Waals surface area contributed by atoms with Crippen LogP contribution in [0.3, 0.4) is 0 Å². The minimum Gasteiger partial charge on any atom is -0.481 e. The molecular weight excluding hydrogens is 172 g/mol. The number of aliphatic carboxylic acids is 1. The predicted octanol–water partition coefficient (Wildman–Crippen LogP) is 0.886. The summed E-state index contributed by atoms with van der Waals surface area (Å²) >= 11 is 0. The van der Waals surface area contributed by atoms with Crippen LogP contribution in [-0.4, -0.2) is 36.5 Å². The second kappa shape index (κ2) is 5.94. The second-order valence-corrected chi connectivity index (χ2v) is 3.47. The summed E-state index contributed by atoms with van der Waals surface area (Å²) in [7, 11) is 1.61. The lowest BCUT2D eigenvalue weighted by Crippen LogP contribution is -2.31. The van der Waals surface area contributed by atoms with Crippen LogP contribution in [0.15, 0.2) is 0 Å². The molecule has 0 aliphatic carbocycles. The first-order valence-corrected chi connectivity index (χ1v) is 4.40. The Morgan fingerprint density at radius 3 is 2.46 bits per heavy atom. The summed E-state index contributed by atoms with van der Waals surface area (Å²) in [4.78, 5) is 10.7. The van der Waals surface area contributed by atoms with E-state index in [1.165, 1.54) is 0 Å². The highest BCUT2D eigenvalue weighted by Crippen LogP contribution is 2.23. The Bertz CT molecular complexity index is 158. The lowest BCUT2D eigenvalue weighted by atomic mass is 9.86. The van der Waals surface area contributed by atoms with E-state index in [-0.39, 0.29) is 6.61 Å². The van der Waals surface area contributed by atoms with Crippen molar-refractivity contribution in [1.82, 2.24) is 0 Å². The Hall–Kier alpha value is -0.610. The smallest absolute Gasteiger partial charge is 0.311 e. The highest BCUT2D eigenvalue weighted by atomic mass is 16.5. The van der Waals surface area contributed by atoms with Gasteiger partial charge in [0.05, 0.1) is 12.0 Å². The zero-order valence-corrected chi connectivity index (χ0v) is 8.25. The first-order valence-electron chi connectivity index (χ1n) is 4.40. The molecule has 0 aromatic carbocycles. The average Bonchev–Trinajstić information content (AvgIpc) is 2.12. The molecular formula is C9H18O4. The van der Waals surface area contributed by atoms with Gasteiger partial charge in [0, 0.05) is 13.7 Å². The molecule has 0 aromatic heterocycles. The quantitative estimate of drug-likeness (QED) is 0.585. The summed E-state index contributed by atoms with van der Waals surface area (Å²) in [5.74, 6) is -0.938. The number of methoxy groups -OCH3 is 1. The molecule has 0 fully saturated rings. The molecule has 1 atom stereocenters. The fourth-order valence-corrected chi connectivity index (χ4v) is 1.02. The number of hydrogen-bond donors (Lipinski definition) is 2. The van der Waals surface area contributed by atoms with Gasteiger partial charge in [-0.25, -0.2) is 0 Å². The van der Waals surface area contributed by atoms with Gasteiger partial charge in [0.15, 0.2) is 0 Å². The molecule has 4 nitrogen and oxygen atoms in total. The number of hydrogen-bond acceptors (Lipinski definition) is 3. The zero-order chi connectivity index (χ0) is 10.3. The van der Waals surface area contributed by atoms with E-state index >= 15 is 0 Å². The van der Waals surface area contributed by atoms with Crippen molar-refractivity contribution >= 4 is 5.97 Å². The van der Waals surface area contributed by atoms with E-state index in [9.17, 15) is 4.79 Å². The molecule has 78 valence electrons. The van der Waals surface area contributed by atoms with Crippen LogP contribution in [0.25, 0.3) is 0 Å². The Labute approximate surface area is 78.5 Å². The van der Waals surface area contributed by atoms with Gasteiger partial charge in [0.1, 0.15) is 0 Å². The summed E-state index contributed by atoms with van der Waals surface area (Å²) in [6.07, 6.45) is 2.08. The zero-order valence-electron chi connectivity index (χ0n) is 8.25. The Balaban J connectivity index is 3.78. The SMILES string of the molecule is COCCCCC(C)(CO)C(=O)O. The molecule has 2 N–H and O–H groups in total. The normalized spacial score (nSPS) is 15.3. The molecule has 0 aliphatic rings. The molecule has 0 bridgehead atoms. The van der Waals surface area contributed by atoms with Gasteiger partial charge >= 0.3 is 5.97 Å². The van der Waals surface area contributed by atoms with Crippen LogP contribution in [0.5, 0.6) is 0 Å². The van der Waals surface area contributed by atoms with Crippen LogP contribution in [0.1, 0.15) is 26.2 Å². The summed E-state index contributed by atoms with van der Waals surface area (Å²) < 4.78 is 4.84. The number of carbonyl (C=O) groups is 1. The maximum absolute atomic E-state index is 10.7. The lowest BCUT2D eigenvalue weighted by Gasteiger charge is -2.21. The fourth-order valence-electron chi connectivity index (χ4n) is 1.02. The first kappa shape index (κ1) is 12.4. The molecule has 0 heterocycles. The number of aliphatic hydroxyl groups is 1. The van der Waals surface area contributed by atoms with Gasteiger partial charge in [-0.05, 0) is 26.2 Å². The van der Waals surface area contributed by atoms with Crippen molar-refractivity contribution in [2.45, 2.75) is 26.2 Å². The molecule has 0 amide bonds. The molecule has 0 aromatic rings. The first-order chi connectivity index (χ1) is 6.06. The minimum absolute atomic E-state index is 0.310. The predicted molar refractivity (Wildman–Crippen MR) is 48.6 cm³/mol. The van der Waals surface area contributed by atoms with Crippen LogP contribution in [-0.2, 0) is 9.53 Å². The third-order valence-corrected chi connectivity index (χ3v) is 2.19. The Morgan fingerprint density at radius 2 is 2.08 bits per heavy atom. The van der Waals surface area contributed by atoms with Crippen LogP contribution in [0.4, 0.5) is 0 Å². The van der Waals surface area contributed by atoms with Gasteiger partial charge in [-0.15, -0.1) is 0 Å². The lowest BCUT2D eigenvalue weighted by molar-refractivity contribution is -0.150. The number of aliphatic hydroxyl groups excluding tert-OH is 1.